The Labute approximate surface area is 130 Å². The van der Waals surface area contributed by atoms with Gasteiger partial charge in [0.2, 0.25) is 0 Å². The van der Waals surface area contributed by atoms with Gasteiger partial charge < -0.3 is 19.7 Å². The number of amidine groups is 1. The predicted octanol–water partition coefficient (Wildman–Crippen LogP) is -0.181. The number of hydrogen-bond acceptors (Lipinski definition) is 5. The van der Waals surface area contributed by atoms with Crippen LogP contribution in [0.3, 0.4) is 0 Å². The number of thioether (sulfide) groups is 1. The maximum absolute atomic E-state index is 12.9. The molecule has 0 aromatic heterocycles. The minimum Gasteiger partial charge on any atom is -0.390 e. The molecule has 1 aliphatic rings. The largest absolute Gasteiger partial charge is 0.417 e. The summed E-state index contributed by atoms with van der Waals surface area (Å²) in [6.45, 7) is 3.37. The highest BCUT2D eigenvalue weighted by Gasteiger charge is 2.53. The molecule has 0 amide bonds. The van der Waals surface area contributed by atoms with Gasteiger partial charge in [-0.2, -0.15) is 13.2 Å². The van der Waals surface area contributed by atoms with Crippen LogP contribution in [0.25, 0.3) is 0 Å². The van der Waals surface area contributed by atoms with E-state index in [4.69, 9.17) is 4.74 Å². The van der Waals surface area contributed by atoms with Gasteiger partial charge in [0.05, 0.1) is 20.2 Å². The molecule has 10 heteroatoms. The van der Waals surface area contributed by atoms with E-state index in [1.165, 1.54) is 0 Å². The van der Waals surface area contributed by atoms with E-state index in [9.17, 15) is 23.4 Å². The molecule has 128 valence electrons. The molecule has 1 rings (SSSR count). The van der Waals surface area contributed by atoms with Crippen LogP contribution >= 0.6 is 11.8 Å². The molecule has 0 aromatic carbocycles. The lowest BCUT2D eigenvalue weighted by Crippen LogP contribution is -2.57. The van der Waals surface area contributed by atoms with Crippen molar-refractivity contribution in [3.8, 4) is 0 Å². The van der Waals surface area contributed by atoms with Crippen molar-refractivity contribution >= 4 is 23.6 Å². The van der Waals surface area contributed by atoms with Crippen molar-refractivity contribution in [3.63, 3.8) is 0 Å². The molecular weight excluding hydrogens is 325 g/mol. The molecule has 0 saturated carbocycles. The molecule has 22 heavy (non-hydrogen) atoms. The quantitative estimate of drug-likeness (QED) is 0.420. The standard InChI is InChI=1S/C12H20F3N2O4S/c1-16-11(17(2)3)22-7-5-6(18)8(19)9(21-7)10(20-4)12(13,14)15/h6-10,18-19H,1,5H2,2-4H3/q+1. The number of ether oxygens (including phenoxy) is 2. The highest BCUT2D eigenvalue weighted by molar-refractivity contribution is 8.14. The number of nitrogens with zero attached hydrogens (tertiary/aromatic N) is 2. The fraction of sp³-hybridized carbons (Fsp3) is 0.833. The first kappa shape index (κ1) is 19.3. The van der Waals surface area contributed by atoms with Crippen LogP contribution in [-0.2, 0) is 9.47 Å². The van der Waals surface area contributed by atoms with Gasteiger partial charge in [0.25, 0.3) is 0 Å². The molecule has 5 atom stereocenters. The second-order valence-corrected chi connectivity index (χ2v) is 6.10. The molecule has 1 saturated heterocycles. The van der Waals surface area contributed by atoms with Crippen molar-refractivity contribution in [2.24, 2.45) is 0 Å². The van der Waals surface area contributed by atoms with Gasteiger partial charge in [-0.1, -0.05) is 0 Å². The molecule has 0 bridgehead atoms. The van der Waals surface area contributed by atoms with Gasteiger partial charge in [-0.15, -0.1) is 0 Å². The first-order valence-electron chi connectivity index (χ1n) is 6.40. The molecule has 5 unspecified atom stereocenters. The maximum atomic E-state index is 12.9. The number of aliphatic hydroxyl groups excluding tert-OH is 2. The van der Waals surface area contributed by atoms with E-state index < -0.39 is 36.0 Å². The summed E-state index contributed by atoms with van der Waals surface area (Å²) in [6.07, 6.45) is -11.9. The molecule has 0 aliphatic carbocycles. The van der Waals surface area contributed by atoms with Crippen LogP contribution in [0.1, 0.15) is 6.42 Å². The van der Waals surface area contributed by atoms with Gasteiger partial charge in [0, 0.05) is 25.3 Å². The van der Waals surface area contributed by atoms with Crippen LogP contribution in [0, 0.1) is 0 Å². The zero-order valence-electron chi connectivity index (χ0n) is 12.4. The molecule has 6 nitrogen and oxygen atoms in total. The average molecular weight is 345 g/mol. The number of aliphatic hydroxyl groups is 2. The van der Waals surface area contributed by atoms with E-state index in [0.717, 1.165) is 18.9 Å². The Kier molecular flexibility index (Phi) is 6.72. The van der Waals surface area contributed by atoms with Crippen molar-refractivity contribution < 1.29 is 32.9 Å². The van der Waals surface area contributed by atoms with Crippen molar-refractivity contribution in [2.45, 2.75) is 42.4 Å². The van der Waals surface area contributed by atoms with E-state index in [1.54, 1.807) is 19.0 Å². The van der Waals surface area contributed by atoms with E-state index >= 15 is 0 Å². The van der Waals surface area contributed by atoms with Crippen molar-refractivity contribution in [2.75, 3.05) is 21.2 Å². The van der Waals surface area contributed by atoms with Crippen LogP contribution < -0.4 is 4.67 Å². The summed E-state index contributed by atoms with van der Waals surface area (Å²) in [6, 6.07) is 0. The van der Waals surface area contributed by atoms with Crippen LogP contribution in [0.2, 0.25) is 0 Å². The summed E-state index contributed by atoms with van der Waals surface area (Å²) in [5, 5.41) is 20.0. The highest BCUT2D eigenvalue weighted by Crippen LogP contribution is 2.35. The maximum Gasteiger partial charge on any atom is 0.417 e. The lowest BCUT2D eigenvalue weighted by molar-refractivity contribution is -0.276. The Morgan fingerprint density at radius 2 is 2.05 bits per heavy atom. The SMILES string of the molecule is C=[N+]=C(SC1CC(O)C(O)C(C(OC)C(F)(F)F)O1)N(C)C. The third-order valence-corrected chi connectivity index (χ3v) is 4.37. The van der Waals surface area contributed by atoms with Crippen LogP contribution in [-0.4, -0.2) is 84.2 Å². The number of halogens is 3. The van der Waals surface area contributed by atoms with Gasteiger partial charge in [-0.25, -0.2) is 9.57 Å². The average Bonchev–Trinajstić information content (AvgIpc) is 2.39. The second-order valence-electron chi connectivity index (χ2n) is 4.97. The Balaban J connectivity index is 2.92. The van der Waals surface area contributed by atoms with Gasteiger partial charge in [-0.3, -0.25) is 0 Å². The summed E-state index contributed by atoms with van der Waals surface area (Å²) < 4.78 is 52.3. The minimum atomic E-state index is -4.72. The van der Waals surface area contributed by atoms with Gasteiger partial charge >= 0.3 is 11.3 Å². The molecule has 0 radical (unpaired) electrons. The second kappa shape index (κ2) is 7.67. The monoisotopic (exact) mass is 345 g/mol. The highest BCUT2D eigenvalue weighted by atomic mass is 32.2. The summed E-state index contributed by atoms with van der Waals surface area (Å²) in [5.41, 5.74) is -0.814. The molecule has 2 N–H and O–H groups in total. The lowest BCUT2D eigenvalue weighted by atomic mass is 9.97. The number of rotatable bonds is 3. The van der Waals surface area contributed by atoms with E-state index in [0.29, 0.717) is 5.17 Å². The minimum absolute atomic E-state index is 0.0382. The number of hydrogen-bond donors (Lipinski definition) is 2. The third kappa shape index (κ3) is 4.61. The fourth-order valence-corrected chi connectivity index (χ4v) is 3.05. The Hall–Kier alpha value is -0.770. The van der Waals surface area contributed by atoms with Crippen molar-refractivity contribution in [1.29, 1.82) is 0 Å². The zero-order chi connectivity index (χ0) is 17.1. The molecule has 1 heterocycles. The first-order valence-corrected chi connectivity index (χ1v) is 7.28. The third-order valence-electron chi connectivity index (χ3n) is 3.10. The van der Waals surface area contributed by atoms with Crippen LogP contribution in [0.5, 0.6) is 0 Å². The topological polar surface area (TPSA) is 76.3 Å². The number of alkyl halides is 3. The van der Waals surface area contributed by atoms with Crippen molar-refractivity contribution in [1.82, 2.24) is 9.57 Å². The van der Waals surface area contributed by atoms with E-state index in [2.05, 4.69) is 16.1 Å². The normalized spacial score (nSPS) is 30.5. The molecule has 1 aliphatic heterocycles. The summed E-state index contributed by atoms with van der Waals surface area (Å²) >= 11 is 1.02. The summed E-state index contributed by atoms with van der Waals surface area (Å²) in [7, 11) is 4.26. The van der Waals surface area contributed by atoms with Gasteiger partial charge in [0.15, 0.2) is 12.8 Å². The fourth-order valence-electron chi connectivity index (χ4n) is 2.05. The molecule has 1 fully saturated rings. The summed E-state index contributed by atoms with van der Waals surface area (Å²) in [5.74, 6) is 0. The van der Waals surface area contributed by atoms with E-state index in [1.807, 2.05) is 0 Å². The molecule has 0 spiro atoms. The van der Waals surface area contributed by atoms with Gasteiger partial charge in [-0.05, 0) is 0 Å². The Morgan fingerprint density at radius 1 is 1.45 bits per heavy atom. The predicted molar refractivity (Wildman–Crippen MR) is 77.7 cm³/mol. The van der Waals surface area contributed by atoms with Crippen LogP contribution in [0.15, 0.2) is 0 Å². The van der Waals surface area contributed by atoms with Gasteiger partial charge in [0.1, 0.15) is 17.6 Å². The lowest BCUT2D eigenvalue weighted by Gasteiger charge is -2.39. The number of methoxy groups -OCH3 is 1. The van der Waals surface area contributed by atoms with Crippen LogP contribution in [0.4, 0.5) is 13.2 Å². The smallest absolute Gasteiger partial charge is 0.390 e. The Bertz CT molecular complexity index is 429. The van der Waals surface area contributed by atoms with E-state index in [-0.39, 0.29) is 6.42 Å². The van der Waals surface area contributed by atoms with Crippen molar-refractivity contribution in [3.05, 3.63) is 0 Å². The first-order chi connectivity index (χ1) is 10.1. The zero-order valence-corrected chi connectivity index (χ0v) is 13.3. The molecule has 0 aromatic rings. The molecular formula is C12H20F3N2O4S+. The Morgan fingerprint density at radius 3 is 2.45 bits per heavy atom. The summed E-state index contributed by atoms with van der Waals surface area (Å²) in [4.78, 5) is 1.62.